The Kier molecular flexibility index (Phi) is 4.66. The average Bonchev–Trinajstić information content (AvgIpc) is 1.84. The number of Topliss-reactive ketones (excluding diaryl/α,β-unsaturated/α-hetero) is 3. The van der Waals surface area contributed by atoms with Crippen LogP contribution in [0.2, 0.25) is 3.63 Å². The summed E-state index contributed by atoms with van der Waals surface area (Å²) in [6.07, 6.45) is -0.102. The fraction of sp³-hybridized carbons (Fsp3) is 0.571. The second-order valence-corrected chi connectivity index (χ2v) is 3.81. The van der Waals surface area contributed by atoms with Gasteiger partial charge in [0.2, 0.25) is 0 Å². The van der Waals surface area contributed by atoms with Crippen LogP contribution in [0.25, 0.3) is 0 Å². The van der Waals surface area contributed by atoms with E-state index in [4.69, 9.17) is 0 Å². The summed E-state index contributed by atoms with van der Waals surface area (Å²) in [6, 6.07) is 0. The number of hydrogen-bond donors (Lipinski definition) is 0. The molecule has 0 aromatic heterocycles. The van der Waals surface area contributed by atoms with Crippen LogP contribution in [0.1, 0.15) is 20.3 Å². The van der Waals surface area contributed by atoms with E-state index < -0.39 is 3.63 Å². The Morgan fingerprint density at radius 3 is 2.00 bits per heavy atom. The molecule has 0 bridgehead atoms. The monoisotopic (exact) mass is 231 g/mol. The molecule has 0 aliphatic heterocycles. The summed E-state index contributed by atoms with van der Waals surface area (Å²) in [7, 11) is 0. The molecule has 0 aromatic rings. The second-order valence-electron chi connectivity index (χ2n) is 2.39. The molecule has 1 unspecified atom stereocenters. The molecule has 0 radical (unpaired) electrons. The van der Waals surface area contributed by atoms with Crippen LogP contribution < -0.4 is 0 Å². The Hall–Kier alpha value is -0.107. The molecule has 0 aliphatic rings. The maximum absolute atomic E-state index is 11.0. The van der Waals surface area contributed by atoms with Crippen molar-refractivity contribution in [3.05, 3.63) is 0 Å². The van der Waals surface area contributed by atoms with Gasteiger partial charge in [-0.25, -0.2) is 0 Å². The summed E-state index contributed by atoms with van der Waals surface area (Å²) in [6.45, 7) is 2.72. The third-order valence-corrected chi connectivity index (χ3v) is 2.94. The van der Waals surface area contributed by atoms with Gasteiger partial charge in [0.15, 0.2) is 0 Å². The third-order valence-electron chi connectivity index (χ3n) is 1.15. The van der Waals surface area contributed by atoms with E-state index in [1.807, 2.05) is 0 Å². The first kappa shape index (κ1) is 10.9. The van der Waals surface area contributed by atoms with Gasteiger partial charge in [-0.05, 0) is 0 Å². The predicted molar refractivity (Wildman–Crippen MR) is 34.7 cm³/mol. The third kappa shape index (κ3) is 4.36. The van der Waals surface area contributed by atoms with Crippen LogP contribution >= 0.6 is 0 Å². The number of ketones is 3. The van der Waals surface area contributed by atoms with Crippen LogP contribution in [0.5, 0.6) is 0 Å². The normalized spacial score (nSPS) is 12.1. The molecule has 0 aliphatic carbocycles. The van der Waals surface area contributed by atoms with Crippen molar-refractivity contribution < 1.29 is 39.1 Å². The maximum atomic E-state index is 11.0. The topological polar surface area (TPSA) is 51.2 Å². The first-order chi connectivity index (χ1) is 4.95. The molecule has 0 fully saturated rings. The molecule has 0 rings (SSSR count). The molecule has 1 atom stereocenters. The van der Waals surface area contributed by atoms with Gasteiger partial charge in [0.1, 0.15) is 0 Å². The number of hydrogen-bond acceptors (Lipinski definition) is 3. The van der Waals surface area contributed by atoms with Gasteiger partial charge in [-0.2, -0.15) is 0 Å². The van der Waals surface area contributed by atoms with E-state index in [0.717, 1.165) is 24.7 Å². The molecular weight excluding hydrogens is 223 g/mol. The SMILES string of the molecule is CC(=O)CC(=O)[CH]([Zr])C(C)=O. The Morgan fingerprint density at radius 2 is 1.73 bits per heavy atom. The van der Waals surface area contributed by atoms with Crippen molar-refractivity contribution in [3.63, 3.8) is 0 Å². The van der Waals surface area contributed by atoms with Gasteiger partial charge in [0, 0.05) is 0 Å². The molecule has 0 heterocycles. The molecule has 11 heavy (non-hydrogen) atoms. The zero-order valence-electron chi connectivity index (χ0n) is 6.51. The van der Waals surface area contributed by atoms with Gasteiger partial charge in [-0.3, -0.25) is 0 Å². The molecular formula is C7H9O3Zr. The van der Waals surface area contributed by atoms with Crippen molar-refractivity contribution in [2.24, 2.45) is 0 Å². The summed E-state index contributed by atoms with van der Waals surface area (Å²) in [5, 5.41) is 0. The summed E-state index contributed by atoms with van der Waals surface area (Å²) in [5.41, 5.74) is 0. The van der Waals surface area contributed by atoms with Crippen LogP contribution in [0, 0.1) is 0 Å². The molecule has 3 nitrogen and oxygen atoms in total. The predicted octanol–water partition coefficient (Wildman–Crippen LogP) is 0.459. The van der Waals surface area contributed by atoms with Gasteiger partial charge >= 0.3 is 80.3 Å². The van der Waals surface area contributed by atoms with Crippen molar-refractivity contribution in [3.8, 4) is 0 Å². The zero-order valence-corrected chi connectivity index (χ0v) is 8.97. The molecule has 0 saturated carbocycles. The zero-order chi connectivity index (χ0) is 9.02. The van der Waals surface area contributed by atoms with Crippen LogP contribution in [0.4, 0.5) is 0 Å². The minimum absolute atomic E-state index is 0.102. The molecule has 0 aromatic carbocycles. The van der Waals surface area contributed by atoms with Gasteiger partial charge < -0.3 is 0 Å². The summed E-state index contributed by atoms with van der Waals surface area (Å²) >= 11 is 0.867. The molecule has 0 N–H and O–H groups in total. The van der Waals surface area contributed by atoms with Crippen LogP contribution in [0.3, 0.4) is 0 Å². The fourth-order valence-electron chi connectivity index (χ4n) is 0.574. The molecule has 0 amide bonds. The quantitative estimate of drug-likeness (QED) is 0.662. The Balaban J connectivity index is 4.04. The second kappa shape index (κ2) is 4.71. The van der Waals surface area contributed by atoms with E-state index in [1.54, 1.807) is 0 Å². The number of rotatable bonds is 4. The number of carbonyl (C=O) groups excluding carboxylic acids is 3. The van der Waals surface area contributed by atoms with Crippen molar-refractivity contribution in [1.82, 2.24) is 0 Å². The number of carbonyl (C=O) groups is 3. The van der Waals surface area contributed by atoms with Crippen molar-refractivity contribution >= 4 is 17.3 Å². The van der Waals surface area contributed by atoms with Gasteiger partial charge in [-0.15, -0.1) is 0 Å². The molecule has 59 valence electrons. The average molecular weight is 232 g/mol. The van der Waals surface area contributed by atoms with Crippen LogP contribution in [-0.4, -0.2) is 17.3 Å². The first-order valence-electron chi connectivity index (χ1n) is 3.19. The Bertz CT molecular complexity index is 198. The molecule has 0 saturated heterocycles. The van der Waals surface area contributed by atoms with Crippen LogP contribution in [-0.2, 0) is 39.1 Å². The summed E-state index contributed by atoms with van der Waals surface area (Å²) in [5.74, 6) is -0.568. The van der Waals surface area contributed by atoms with Crippen molar-refractivity contribution in [1.29, 1.82) is 0 Å². The van der Waals surface area contributed by atoms with E-state index in [2.05, 4.69) is 0 Å². The fourth-order valence-corrected chi connectivity index (χ4v) is 0.825. The van der Waals surface area contributed by atoms with Gasteiger partial charge in [0.25, 0.3) is 0 Å². The van der Waals surface area contributed by atoms with Crippen molar-refractivity contribution in [2.45, 2.75) is 23.9 Å². The summed E-state index contributed by atoms with van der Waals surface area (Å²) < 4.78 is -0.536. The molecule has 4 heteroatoms. The van der Waals surface area contributed by atoms with E-state index in [0.29, 0.717) is 0 Å². The van der Waals surface area contributed by atoms with E-state index in [-0.39, 0.29) is 23.8 Å². The van der Waals surface area contributed by atoms with Crippen LogP contribution in [0.15, 0.2) is 0 Å². The first-order valence-corrected chi connectivity index (χ1v) is 4.60. The minimum atomic E-state index is -0.536. The Labute approximate surface area is 80.4 Å². The summed E-state index contributed by atoms with van der Waals surface area (Å²) in [4.78, 5) is 32.1. The van der Waals surface area contributed by atoms with Gasteiger partial charge in [0.05, 0.1) is 0 Å². The Morgan fingerprint density at radius 1 is 1.27 bits per heavy atom. The van der Waals surface area contributed by atoms with E-state index in [1.165, 1.54) is 13.8 Å². The van der Waals surface area contributed by atoms with E-state index in [9.17, 15) is 14.4 Å². The van der Waals surface area contributed by atoms with Crippen molar-refractivity contribution in [2.75, 3.05) is 0 Å². The molecule has 0 spiro atoms. The van der Waals surface area contributed by atoms with Gasteiger partial charge in [-0.1, -0.05) is 0 Å². The van der Waals surface area contributed by atoms with E-state index >= 15 is 0 Å². The standard InChI is InChI=1S/C7H9O3.Zr/c1-5(8)3-7(10)4-6(2)9;/h3H,4H2,1-2H3;.